The summed E-state index contributed by atoms with van der Waals surface area (Å²) in [6.07, 6.45) is 0. The van der Waals surface area contributed by atoms with Crippen LogP contribution in [0.2, 0.25) is 0 Å². The normalized spacial score (nSPS) is 9.64. The van der Waals surface area contributed by atoms with Crippen LogP contribution in [-0.4, -0.2) is 30.5 Å². The minimum Gasteiger partial charge on any atom is -0.330 e. The molecule has 0 heterocycles. The van der Waals surface area contributed by atoms with Gasteiger partial charge in [0.05, 0.1) is 6.54 Å². The second kappa shape index (κ2) is 8.23. The number of nitrogens with zero attached hydrogens (tertiary/aromatic N) is 1. The molecular formula is C6H13N2OS2. The van der Waals surface area contributed by atoms with E-state index in [1.54, 1.807) is 21.6 Å². The van der Waals surface area contributed by atoms with Crippen LogP contribution in [-0.2, 0) is 4.79 Å². The Balaban J connectivity index is 2.85. The van der Waals surface area contributed by atoms with Crippen LogP contribution in [0, 0.1) is 0 Å². The van der Waals surface area contributed by atoms with Gasteiger partial charge in [0.25, 0.3) is 0 Å². The number of amides is 1. The Morgan fingerprint density at radius 1 is 1.45 bits per heavy atom. The van der Waals surface area contributed by atoms with Gasteiger partial charge in [0, 0.05) is 25.0 Å². The first kappa shape index (κ1) is 11.1. The molecule has 0 unspecified atom stereocenters. The molecule has 1 amide bonds. The predicted molar refractivity (Wildman–Crippen MR) is 51.7 cm³/mol. The van der Waals surface area contributed by atoms with Crippen molar-refractivity contribution in [3.8, 4) is 0 Å². The van der Waals surface area contributed by atoms with E-state index < -0.39 is 0 Å². The molecule has 1 radical (unpaired) electrons. The lowest BCUT2D eigenvalue weighted by Crippen LogP contribution is -2.13. The van der Waals surface area contributed by atoms with Gasteiger partial charge in [-0.3, -0.25) is 10.1 Å². The summed E-state index contributed by atoms with van der Waals surface area (Å²) in [5.74, 6) is 1.77. The monoisotopic (exact) mass is 193 g/mol. The molecule has 0 fully saturated rings. The fourth-order valence-corrected chi connectivity index (χ4v) is 2.12. The summed E-state index contributed by atoms with van der Waals surface area (Å²) < 4.78 is 0. The third-order valence-electron chi connectivity index (χ3n) is 0.794. The number of hydrogen-bond donors (Lipinski definition) is 1. The van der Waals surface area contributed by atoms with Crippen LogP contribution in [0.25, 0.3) is 0 Å². The molecule has 0 rings (SSSR count). The van der Waals surface area contributed by atoms with Crippen molar-refractivity contribution in [3.05, 3.63) is 0 Å². The van der Waals surface area contributed by atoms with Crippen LogP contribution < -0.4 is 11.1 Å². The molecule has 0 aromatic rings. The Morgan fingerprint density at radius 2 is 2.09 bits per heavy atom. The fourth-order valence-electron chi connectivity index (χ4n) is 0.406. The van der Waals surface area contributed by atoms with Crippen LogP contribution in [0.1, 0.15) is 6.92 Å². The standard InChI is InChI=1S/C6H13N2OS2/c1-6(9)8-3-5-11-10-4-2-7/h2-5,7H2,1H3. The summed E-state index contributed by atoms with van der Waals surface area (Å²) in [4.78, 5) is 10.3. The van der Waals surface area contributed by atoms with Gasteiger partial charge in [-0.15, -0.1) is 0 Å². The maximum Gasteiger partial charge on any atom is 0.238 e. The lowest BCUT2D eigenvalue weighted by atomic mass is 10.6. The Labute approximate surface area is 75.3 Å². The zero-order valence-electron chi connectivity index (χ0n) is 6.58. The lowest BCUT2D eigenvalue weighted by molar-refractivity contribution is -0.119. The molecule has 0 saturated heterocycles. The van der Waals surface area contributed by atoms with Crippen molar-refractivity contribution in [2.24, 2.45) is 5.73 Å². The second-order valence-electron chi connectivity index (χ2n) is 1.83. The smallest absolute Gasteiger partial charge is 0.238 e. The maximum absolute atomic E-state index is 10.3. The average molecular weight is 193 g/mol. The van der Waals surface area contributed by atoms with Gasteiger partial charge in [-0.25, -0.2) is 0 Å². The van der Waals surface area contributed by atoms with Crippen LogP contribution in [0.15, 0.2) is 0 Å². The van der Waals surface area contributed by atoms with E-state index in [-0.39, 0.29) is 5.91 Å². The molecule has 0 aliphatic carbocycles. The Bertz CT molecular complexity index is 111. The predicted octanol–water partition coefficient (Wildman–Crippen LogP) is 0.477. The Kier molecular flexibility index (Phi) is 8.33. The molecule has 3 nitrogen and oxygen atoms in total. The van der Waals surface area contributed by atoms with E-state index in [0.29, 0.717) is 13.1 Å². The molecule has 0 spiro atoms. The van der Waals surface area contributed by atoms with Gasteiger partial charge in [-0.2, -0.15) is 0 Å². The van der Waals surface area contributed by atoms with Gasteiger partial charge in [-0.1, -0.05) is 21.6 Å². The van der Waals surface area contributed by atoms with Gasteiger partial charge >= 0.3 is 0 Å². The minimum atomic E-state index is -0.0885. The highest BCUT2D eigenvalue weighted by Gasteiger charge is 1.93. The molecule has 0 atom stereocenters. The quantitative estimate of drug-likeness (QED) is 0.492. The van der Waals surface area contributed by atoms with Crippen molar-refractivity contribution in [3.63, 3.8) is 0 Å². The fraction of sp³-hybridized carbons (Fsp3) is 0.833. The Hall–Kier alpha value is 0.130. The van der Waals surface area contributed by atoms with E-state index >= 15 is 0 Å². The van der Waals surface area contributed by atoms with Gasteiger partial charge in [-0.05, 0) is 0 Å². The molecule has 11 heavy (non-hydrogen) atoms. The minimum absolute atomic E-state index is 0.0885. The largest absolute Gasteiger partial charge is 0.330 e. The summed E-state index contributed by atoms with van der Waals surface area (Å²) in [5, 5.41) is 3.72. The van der Waals surface area contributed by atoms with E-state index in [1.165, 1.54) is 6.92 Å². The van der Waals surface area contributed by atoms with Crippen molar-refractivity contribution < 1.29 is 4.79 Å². The van der Waals surface area contributed by atoms with Crippen LogP contribution in [0.4, 0.5) is 0 Å². The third-order valence-corrected chi connectivity index (χ3v) is 3.21. The second-order valence-corrected chi connectivity index (χ2v) is 4.54. The van der Waals surface area contributed by atoms with Crippen LogP contribution >= 0.6 is 21.6 Å². The number of nitrogens with two attached hydrogens (primary N) is 1. The molecule has 0 aliphatic heterocycles. The zero-order chi connectivity index (χ0) is 8.53. The van der Waals surface area contributed by atoms with Crippen molar-refractivity contribution in [1.82, 2.24) is 5.32 Å². The van der Waals surface area contributed by atoms with E-state index in [2.05, 4.69) is 5.32 Å². The number of carbonyl (C=O) groups excluding carboxylic acids is 1. The molecule has 0 aromatic heterocycles. The van der Waals surface area contributed by atoms with E-state index in [9.17, 15) is 4.79 Å². The molecule has 0 bridgehead atoms. The lowest BCUT2D eigenvalue weighted by Gasteiger charge is -1.97. The van der Waals surface area contributed by atoms with Crippen LogP contribution in [0.3, 0.4) is 0 Å². The zero-order valence-corrected chi connectivity index (χ0v) is 8.21. The van der Waals surface area contributed by atoms with Crippen molar-refractivity contribution >= 4 is 27.5 Å². The summed E-state index contributed by atoms with van der Waals surface area (Å²) in [6, 6.07) is 0. The van der Waals surface area contributed by atoms with Gasteiger partial charge in [0.1, 0.15) is 0 Å². The van der Waals surface area contributed by atoms with Crippen LogP contribution in [0.5, 0.6) is 0 Å². The van der Waals surface area contributed by atoms with Crippen molar-refractivity contribution in [1.29, 1.82) is 0 Å². The first-order valence-corrected chi connectivity index (χ1v) is 5.88. The summed E-state index contributed by atoms with van der Waals surface area (Å²) in [7, 11) is 3.44. The first-order valence-electron chi connectivity index (χ1n) is 3.40. The van der Waals surface area contributed by atoms with Gasteiger partial charge in [0.15, 0.2) is 0 Å². The van der Waals surface area contributed by atoms with E-state index in [0.717, 1.165) is 11.5 Å². The molecule has 65 valence electrons. The molecule has 2 N–H and O–H groups in total. The molecule has 5 heteroatoms. The van der Waals surface area contributed by atoms with Gasteiger partial charge < -0.3 is 5.73 Å². The Morgan fingerprint density at radius 3 is 2.64 bits per heavy atom. The number of rotatable bonds is 6. The summed E-state index contributed by atoms with van der Waals surface area (Å²) >= 11 is 0. The van der Waals surface area contributed by atoms with E-state index in [4.69, 9.17) is 5.73 Å². The van der Waals surface area contributed by atoms with E-state index in [1.807, 2.05) is 0 Å². The molecule has 0 aliphatic rings. The van der Waals surface area contributed by atoms with Crippen molar-refractivity contribution in [2.75, 3.05) is 24.6 Å². The topological polar surface area (TPSA) is 57.2 Å². The first-order chi connectivity index (χ1) is 5.27. The highest BCUT2D eigenvalue weighted by Crippen LogP contribution is 2.18. The van der Waals surface area contributed by atoms with Crippen molar-refractivity contribution in [2.45, 2.75) is 6.92 Å². The third kappa shape index (κ3) is 10.1. The highest BCUT2D eigenvalue weighted by molar-refractivity contribution is 8.76. The number of hydrogen-bond acceptors (Lipinski definition) is 4. The SMILES string of the molecule is CC(=O)[N]CCSSCCN. The molecule has 0 saturated carbocycles. The summed E-state index contributed by atoms with van der Waals surface area (Å²) in [6.45, 7) is 2.80. The summed E-state index contributed by atoms with van der Waals surface area (Å²) in [5.41, 5.74) is 5.28. The number of carbonyl (C=O) groups is 1. The molecule has 0 aromatic carbocycles. The highest BCUT2D eigenvalue weighted by atomic mass is 33.1. The maximum atomic E-state index is 10.3. The molecular weight excluding hydrogens is 180 g/mol. The average Bonchev–Trinajstić information content (AvgIpc) is 1.96. The van der Waals surface area contributed by atoms with Gasteiger partial charge in [0.2, 0.25) is 5.91 Å².